The van der Waals surface area contributed by atoms with Crippen molar-refractivity contribution < 1.29 is 0 Å². The quantitative estimate of drug-likeness (QED) is 0.830. The van der Waals surface area contributed by atoms with Crippen LogP contribution in [0.15, 0.2) is 24.3 Å². The molecule has 0 saturated carbocycles. The summed E-state index contributed by atoms with van der Waals surface area (Å²) in [5.41, 5.74) is 1.22. The second kappa shape index (κ2) is 4.97. The lowest BCUT2D eigenvalue weighted by atomic mass is 10.0. The van der Waals surface area contributed by atoms with Gasteiger partial charge >= 0.3 is 0 Å². The molecule has 1 N–H and O–H groups in total. The number of hydrogen-bond donors (Lipinski definition) is 1. The highest BCUT2D eigenvalue weighted by Crippen LogP contribution is 2.24. The second-order valence-electron chi connectivity index (χ2n) is 3.92. The maximum Gasteiger partial charge on any atom is 0.0464 e. The van der Waals surface area contributed by atoms with Crippen LogP contribution in [0, 0.1) is 0 Å². The van der Waals surface area contributed by atoms with Gasteiger partial charge in [-0.1, -0.05) is 36.7 Å². The number of piperazine rings is 1. The van der Waals surface area contributed by atoms with Gasteiger partial charge in [0.2, 0.25) is 0 Å². The van der Waals surface area contributed by atoms with Crippen molar-refractivity contribution in [1.29, 1.82) is 0 Å². The molecule has 15 heavy (non-hydrogen) atoms. The number of benzene rings is 1. The Bertz CT molecular complexity index is 327. The fourth-order valence-electron chi connectivity index (χ4n) is 2.06. The van der Waals surface area contributed by atoms with Gasteiger partial charge in [0.05, 0.1) is 0 Å². The van der Waals surface area contributed by atoms with Crippen molar-refractivity contribution in [3.05, 3.63) is 34.9 Å². The highest BCUT2D eigenvalue weighted by molar-refractivity contribution is 6.31. The highest BCUT2D eigenvalue weighted by atomic mass is 35.5. The molecule has 1 aliphatic heterocycles. The Balaban J connectivity index is 2.13. The van der Waals surface area contributed by atoms with Crippen LogP contribution in [0.1, 0.15) is 18.5 Å². The predicted octanol–water partition coefficient (Wildman–Crippen LogP) is 2.31. The van der Waals surface area contributed by atoms with Gasteiger partial charge in [-0.3, -0.25) is 0 Å². The van der Waals surface area contributed by atoms with Gasteiger partial charge in [-0.25, -0.2) is 0 Å². The molecular formula is C12H17ClN2. The lowest BCUT2D eigenvalue weighted by Crippen LogP contribution is -2.45. The van der Waals surface area contributed by atoms with Gasteiger partial charge in [0, 0.05) is 30.7 Å². The lowest BCUT2D eigenvalue weighted by Gasteiger charge is -2.33. The van der Waals surface area contributed by atoms with Gasteiger partial charge in [0.25, 0.3) is 0 Å². The smallest absolute Gasteiger partial charge is 0.0464 e. The van der Waals surface area contributed by atoms with Gasteiger partial charge in [-0.15, -0.1) is 0 Å². The minimum Gasteiger partial charge on any atom is -0.308 e. The van der Waals surface area contributed by atoms with Crippen LogP contribution < -0.4 is 5.32 Å². The first-order chi connectivity index (χ1) is 7.31. The molecule has 82 valence electrons. The standard InChI is InChI=1S/C12H17ClN2/c1-2-15-8-7-14-12(9-15)10-5-3-4-6-11(10)13/h3-6,12,14H,2,7-9H2,1H3. The summed E-state index contributed by atoms with van der Waals surface area (Å²) >= 11 is 6.19. The molecule has 1 atom stereocenters. The number of halogens is 1. The van der Waals surface area contributed by atoms with E-state index in [-0.39, 0.29) is 0 Å². The third-order valence-corrected chi connectivity index (χ3v) is 3.33. The average Bonchev–Trinajstić information content (AvgIpc) is 2.30. The summed E-state index contributed by atoms with van der Waals surface area (Å²) in [7, 11) is 0. The number of nitrogens with zero attached hydrogens (tertiary/aromatic N) is 1. The van der Waals surface area contributed by atoms with Crippen molar-refractivity contribution in [2.24, 2.45) is 0 Å². The van der Waals surface area contributed by atoms with Crippen LogP contribution in [-0.2, 0) is 0 Å². The maximum atomic E-state index is 6.19. The first kappa shape index (κ1) is 10.9. The molecule has 0 aliphatic carbocycles. The molecule has 1 unspecified atom stereocenters. The monoisotopic (exact) mass is 224 g/mol. The Morgan fingerprint density at radius 1 is 1.47 bits per heavy atom. The third kappa shape index (κ3) is 2.51. The predicted molar refractivity (Wildman–Crippen MR) is 64.3 cm³/mol. The molecule has 0 amide bonds. The van der Waals surface area contributed by atoms with E-state index >= 15 is 0 Å². The van der Waals surface area contributed by atoms with Crippen molar-refractivity contribution in [3.8, 4) is 0 Å². The van der Waals surface area contributed by atoms with E-state index < -0.39 is 0 Å². The molecule has 1 fully saturated rings. The average molecular weight is 225 g/mol. The fourth-order valence-corrected chi connectivity index (χ4v) is 2.33. The molecular weight excluding hydrogens is 208 g/mol. The van der Waals surface area contributed by atoms with Crippen molar-refractivity contribution in [3.63, 3.8) is 0 Å². The Morgan fingerprint density at radius 2 is 2.27 bits per heavy atom. The lowest BCUT2D eigenvalue weighted by molar-refractivity contribution is 0.210. The van der Waals surface area contributed by atoms with Gasteiger partial charge < -0.3 is 10.2 Å². The Kier molecular flexibility index (Phi) is 3.62. The van der Waals surface area contributed by atoms with Gasteiger partial charge in [-0.05, 0) is 18.2 Å². The van der Waals surface area contributed by atoms with Crippen LogP contribution in [-0.4, -0.2) is 31.1 Å². The molecule has 1 aromatic carbocycles. The van der Waals surface area contributed by atoms with Crippen molar-refractivity contribution in [2.75, 3.05) is 26.2 Å². The molecule has 2 nitrogen and oxygen atoms in total. The summed E-state index contributed by atoms with van der Waals surface area (Å²) in [6.07, 6.45) is 0. The molecule has 1 heterocycles. The summed E-state index contributed by atoms with van der Waals surface area (Å²) in [6.45, 7) is 6.55. The van der Waals surface area contributed by atoms with Crippen LogP contribution in [0.25, 0.3) is 0 Å². The fraction of sp³-hybridized carbons (Fsp3) is 0.500. The topological polar surface area (TPSA) is 15.3 Å². The van der Waals surface area contributed by atoms with Gasteiger partial charge in [0.15, 0.2) is 0 Å². The van der Waals surface area contributed by atoms with Crippen LogP contribution in [0.5, 0.6) is 0 Å². The summed E-state index contributed by atoms with van der Waals surface area (Å²) in [4.78, 5) is 2.45. The van der Waals surface area contributed by atoms with Crippen LogP contribution in [0.4, 0.5) is 0 Å². The SMILES string of the molecule is CCN1CCNC(c2ccccc2Cl)C1. The molecule has 0 spiro atoms. The second-order valence-corrected chi connectivity index (χ2v) is 4.33. The number of nitrogens with one attached hydrogen (secondary N) is 1. The Hall–Kier alpha value is -0.570. The van der Waals surface area contributed by atoms with Crippen LogP contribution in [0.2, 0.25) is 5.02 Å². The van der Waals surface area contributed by atoms with Crippen molar-refractivity contribution in [1.82, 2.24) is 10.2 Å². The Morgan fingerprint density at radius 3 is 3.00 bits per heavy atom. The summed E-state index contributed by atoms with van der Waals surface area (Å²) in [5, 5.41) is 4.38. The number of rotatable bonds is 2. The first-order valence-electron chi connectivity index (χ1n) is 5.51. The number of hydrogen-bond acceptors (Lipinski definition) is 2. The largest absolute Gasteiger partial charge is 0.308 e. The highest BCUT2D eigenvalue weighted by Gasteiger charge is 2.20. The van der Waals surface area contributed by atoms with E-state index in [1.54, 1.807) is 0 Å². The molecule has 1 aromatic rings. The molecule has 0 bridgehead atoms. The van der Waals surface area contributed by atoms with E-state index in [0.29, 0.717) is 6.04 Å². The molecule has 1 saturated heterocycles. The summed E-state index contributed by atoms with van der Waals surface area (Å²) in [6, 6.07) is 8.48. The van der Waals surface area contributed by atoms with Gasteiger partial charge in [0.1, 0.15) is 0 Å². The third-order valence-electron chi connectivity index (χ3n) is 2.99. The van der Waals surface area contributed by atoms with Gasteiger partial charge in [-0.2, -0.15) is 0 Å². The molecule has 0 radical (unpaired) electrons. The van der Waals surface area contributed by atoms with E-state index in [1.165, 1.54) is 5.56 Å². The minimum absolute atomic E-state index is 0.382. The van der Waals surface area contributed by atoms with Crippen LogP contribution >= 0.6 is 11.6 Å². The summed E-state index contributed by atoms with van der Waals surface area (Å²) in [5.74, 6) is 0. The van der Waals surface area contributed by atoms with E-state index in [9.17, 15) is 0 Å². The van der Waals surface area contributed by atoms with E-state index in [2.05, 4.69) is 23.2 Å². The van der Waals surface area contributed by atoms with E-state index in [0.717, 1.165) is 31.2 Å². The zero-order valence-electron chi connectivity index (χ0n) is 9.04. The Labute approximate surface area is 96.2 Å². The van der Waals surface area contributed by atoms with E-state index in [1.807, 2.05) is 18.2 Å². The maximum absolute atomic E-state index is 6.19. The summed E-state index contributed by atoms with van der Waals surface area (Å²) < 4.78 is 0. The zero-order chi connectivity index (χ0) is 10.7. The first-order valence-corrected chi connectivity index (χ1v) is 5.89. The van der Waals surface area contributed by atoms with E-state index in [4.69, 9.17) is 11.6 Å². The zero-order valence-corrected chi connectivity index (χ0v) is 9.80. The molecule has 2 rings (SSSR count). The minimum atomic E-state index is 0.382. The van der Waals surface area contributed by atoms with Crippen molar-refractivity contribution in [2.45, 2.75) is 13.0 Å². The molecule has 1 aliphatic rings. The van der Waals surface area contributed by atoms with Crippen molar-refractivity contribution >= 4 is 11.6 Å². The molecule has 3 heteroatoms. The molecule has 0 aromatic heterocycles. The number of likely N-dealkylation sites (N-methyl/N-ethyl adjacent to an activating group) is 1. The van der Waals surface area contributed by atoms with Crippen LogP contribution in [0.3, 0.4) is 0 Å². The normalized spacial score (nSPS) is 22.9.